The summed E-state index contributed by atoms with van der Waals surface area (Å²) in [5.41, 5.74) is 0.530. The first kappa shape index (κ1) is 17.0. The predicted molar refractivity (Wildman–Crippen MR) is 76.8 cm³/mol. The second kappa shape index (κ2) is 8.95. The molecule has 2 unspecified atom stereocenters. The number of hydrogen-bond acceptors (Lipinski definition) is 5. The minimum atomic E-state index is -0.684. The van der Waals surface area contributed by atoms with Crippen molar-refractivity contribution in [3.05, 3.63) is 29.8 Å². The Balaban J connectivity index is 2.54. The van der Waals surface area contributed by atoms with Gasteiger partial charge < -0.3 is 19.9 Å². The first-order chi connectivity index (χ1) is 10.1. The van der Waals surface area contributed by atoms with Crippen molar-refractivity contribution in [2.24, 2.45) is 0 Å². The number of carbonyl (C=O) groups is 1. The van der Waals surface area contributed by atoms with Crippen LogP contribution in [0.5, 0.6) is 5.75 Å². The monoisotopic (exact) mass is 292 g/mol. The van der Waals surface area contributed by atoms with Crippen molar-refractivity contribution in [2.75, 3.05) is 20.3 Å². The van der Waals surface area contributed by atoms with E-state index in [0.29, 0.717) is 24.3 Å². The summed E-state index contributed by atoms with van der Waals surface area (Å²) in [5.74, 6) is 0.233. The van der Waals surface area contributed by atoms with Crippen LogP contribution >= 0.6 is 0 Å². The molecule has 0 heterocycles. The van der Waals surface area contributed by atoms with Crippen molar-refractivity contribution < 1.29 is 19.4 Å². The fourth-order valence-electron chi connectivity index (χ4n) is 1.74. The molecule has 1 rings (SSSR count). The van der Waals surface area contributed by atoms with Gasteiger partial charge in [-0.1, -0.05) is 0 Å². The summed E-state index contributed by atoms with van der Waals surface area (Å²) in [6.07, 6.45) is -0.264. The van der Waals surface area contributed by atoms with Gasteiger partial charge in [-0.2, -0.15) is 5.26 Å². The van der Waals surface area contributed by atoms with Gasteiger partial charge >= 0.3 is 0 Å². The molecule has 114 valence electrons. The molecule has 0 radical (unpaired) electrons. The maximum Gasteiger partial charge on any atom is 0.261 e. The highest BCUT2D eigenvalue weighted by atomic mass is 16.5. The van der Waals surface area contributed by atoms with E-state index in [9.17, 15) is 4.79 Å². The van der Waals surface area contributed by atoms with E-state index in [1.807, 2.05) is 6.07 Å². The van der Waals surface area contributed by atoms with Crippen LogP contribution in [-0.2, 0) is 9.53 Å². The molecule has 0 aliphatic rings. The number of carbonyl (C=O) groups excluding carboxylic acids is 1. The molecule has 6 heteroatoms. The Morgan fingerprint density at radius 2 is 2.10 bits per heavy atom. The zero-order valence-electron chi connectivity index (χ0n) is 12.2. The number of ether oxygens (including phenoxy) is 2. The van der Waals surface area contributed by atoms with Gasteiger partial charge in [-0.3, -0.25) is 4.79 Å². The summed E-state index contributed by atoms with van der Waals surface area (Å²) in [5, 5.41) is 20.4. The van der Waals surface area contributed by atoms with Crippen molar-refractivity contribution in [3.63, 3.8) is 0 Å². The largest absolute Gasteiger partial charge is 0.481 e. The number of benzene rings is 1. The lowest BCUT2D eigenvalue weighted by molar-refractivity contribution is -0.128. The van der Waals surface area contributed by atoms with Gasteiger partial charge in [0, 0.05) is 13.7 Å². The van der Waals surface area contributed by atoms with Crippen LogP contribution in [-0.4, -0.2) is 43.5 Å². The summed E-state index contributed by atoms with van der Waals surface area (Å²) >= 11 is 0. The highest BCUT2D eigenvalue weighted by Crippen LogP contribution is 2.13. The molecule has 0 aliphatic heterocycles. The number of methoxy groups -OCH3 is 1. The Hall–Kier alpha value is -2.10. The van der Waals surface area contributed by atoms with Crippen LogP contribution in [0.2, 0.25) is 0 Å². The van der Waals surface area contributed by atoms with Gasteiger partial charge in [0.25, 0.3) is 5.91 Å². The lowest BCUT2D eigenvalue weighted by Gasteiger charge is -2.20. The quantitative estimate of drug-likeness (QED) is 0.741. The summed E-state index contributed by atoms with van der Waals surface area (Å²) in [4.78, 5) is 12.0. The summed E-state index contributed by atoms with van der Waals surface area (Å²) in [7, 11) is 1.53. The minimum absolute atomic E-state index is 0.0286. The summed E-state index contributed by atoms with van der Waals surface area (Å²) in [6, 6.07) is 8.29. The maximum atomic E-state index is 12.0. The molecule has 2 N–H and O–H groups in total. The third kappa shape index (κ3) is 5.81. The van der Waals surface area contributed by atoms with E-state index in [1.54, 1.807) is 31.2 Å². The number of hydrogen-bond donors (Lipinski definition) is 2. The number of nitrogens with one attached hydrogen (secondary N) is 1. The zero-order chi connectivity index (χ0) is 15.7. The standard InChI is InChI=1S/C15H20N2O4/c1-11(15(19)17-13(7-8-18)10-20-2)21-14-5-3-12(9-16)4-6-14/h3-6,11,13,18H,7-8,10H2,1-2H3,(H,17,19). The van der Waals surface area contributed by atoms with E-state index in [0.717, 1.165) is 0 Å². The van der Waals surface area contributed by atoms with Gasteiger partial charge in [0.1, 0.15) is 5.75 Å². The molecule has 1 aromatic carbocycles. The van der Waals surface area contributed by atoms with Crippen LogP contribution in [0.1, 0.15) is 18.9 Å². The Bertz CT molecular complexity index is 475. The molecule has 0 aliphatic carbocycles. The van der Waals surface area contributed by atoms with Crippen LogP contribution < -0.4 is 10.1 Å². The van der Waals surface area contributed by atoms with Crippen molar-refractivity contribution in [1.29, 1.82) is 5.26 Å². The lowest BCUT2D eigenvalue weighted by atomic mass is 10.2. The summed E-state index contributed by atoms with van der Waals surface area (Å²) in [6.45, 7) is 1.94. The van der Waals surface area contributed by atoms with Gasteiger partial charge in [0.2, 0.25) is 0 Å². The van der Waals surface area contributed by atoms with E-state index >= 15 is 0 Å². The molecule has 0 saturated carbocycles. The van der Waals surface area contributed by atoms with Gasteiger partial charge in [0.05, 0.1) is 24.3 Å². The molecule has 1 amide bonds. The Labute approximate surface area is 124 Å². The average Bonchev–Trinajstić information content (AvgIpc) is 2.48. The molecule has 0 aromatic heterocycles. The number of amides is 1. The fourth-order valence-corrected chi connectivity index (χ4v) is 1.74. The highest BCUT2D eigenvalue weighted by molar-refractivity contribution is 5.81. The minimum Gasteiger partial charge on any atom is -0.481 e. The number of nitrogens with zero attached hydrogens (tertiary/aromatic N) is 1. The van der Waals surface area contributed by atoms with Gasteiger partial charge in [-0.15, -0.1) is 0 Å². The lowest BCUT2D eigenvalue weighted by Crippen LogP contribution is -2.44. The van der Waals surface area contributed by atoms with Gasteiger partial charge in [-0.25, -0.2) is 0 Å². The van der Waals surface area contributed by atoms with E-state index in [-0.39, 0.29) is 18.6 Å². The van der Waals surface area contributed by atoms with Crippen molar-refractivity contribution in [2.45, 2.75) is 25.5 Å². The first-order valence-corrected chi connectivity index (χ1v) is 6.67. The molecular weight excluding hydrogens is 272 g/mol. The van der Waals surface area contributed by atoms with Crippen LogP contribution in [0, 0.1) is 11.3 Å². The SMILES string of the molecule is COCC(CCO)NC(=O)C(C)Oc1ccc(C#N)cc1. The van der Waals surface area contributed by atoms with E-state index in [1.165, 1.54) is 7.11 Å². The smallest absolute Gasteiger partial charge is 0.261 e. The Morgan fingerprint density at radius 1 is 1.43 bits per heavy atom. The number of rotatable bonds is 8. The second-order valence-electron chi connectivity index (χ2n) is 4.57. The molecule has 0 spiro atoms. The van der Waals surface area contributed by atoms with E-state index in [2.05, 4.69) is 5.32 Å². The summed E-state index contributed by atoms with van der Waals surface area (Å²) < 4.78 is 10.5. The normalized spacial score (nSPS) is 13.0. The van der Waals surface area contributed by atoms with Crippen molar-refractivity contribution >= 4 is 5.91 Å². The predicted octanol–water partition coefficient (Wildman–Crippen LogP) is 0.839. The number of nitriles is 1. The van der Waals surface area contributed by atoms with Crippen molar-refractivity contribution in [1.82, 2.24) is 5.32 Å². The fraction of sp³-hybridized carbons (Fsp3) is 0.467. The molecule has 6 nitrogen and oxygen atoms in total. The highest BCUT2D eigenvalue weighted by Gasteiger charge is 2.18. The van der Waals surface area contributed by atoms with Crippen molar-refractivity contribution in [3.8, 4) is 11.8 Å². The third-order valence-electron chi connectivity index (χ3n) is 2.86. The molecular formula is C15H20N2O4. The number of aliphatic hydroxyl groups excluding tert-OH is 1. The average molecular weight is 292 g/mol. The first-order valence-electron chi connectivity index (χ1n) is 6.67. The molecule has 1 aromatic rings. The van der Waals surface area contributed by atoms with E-state index < -0.39 is 6.10 Å². The van der Waals surface area contributed by atoms with Crippen LogP contribution in [0.25, 0.3) is 0 Å². The molecule has 0 saturated heterocycles. The Morgan fingerprint density at radius 3 is 2.62 bits per heavy atom. The Kier molecular flexibility index (Phi) is 7.23. The zero-order valence-corrected chi connectivity index (χ0v) is 12.2. The van der Waals surface area contributed by atoms with Gasteiger partial charge in [-0.05, 0) is 37.6 Å². The molecule has 0 fully saturated rings. The van der Waals surface area contributed by atoms with Crippen LogP contribution in [0.3, 0.4) is 0 Å². The third-order valence-corrected chi connectivity index (χ3v) is 2.86. The maximum absolute atomic E-state index is 12.0. The number of aliphatic hydroxyl groups is 1. The topological polar surface area (TPSA) is 91.6 Å². The molecule has 0 bridgehead atoms. The molecule has 2 atom stereocenters. The van der Waals surface area contributed by atoms with E-state index in [4.69, 9.17) is 19.8 Å². The van der Waals surface area contributed by atoms with Gasteiger partial charge in [0.15, 0.2) is 6.10 Å². The van der Waals surface area contributed by atoms with Crippen LogP contribution in [0.4, 0.5) is 0 Å². The molecule has 21 heavy (non-hydrogen) atoms. The van der Waals surface area contributed by atoms with Crippen LogP contribution in [0.15, 0.2) is 24.3 Å². The second-order valence-corrected chi connectivity index (χ2v) is 4.57.